The van der Waals surface area contributed by atoms with Gasteiger partial charge in [-0.05, 0) is 82.6 Å². The lowest BCUT2D eigenvalue weighted by molar-refractivity contribution is 0.481. The van der Waals surface area contributed by atoms with Crippen LogP contribution in [-0.2, 0) is 0 Å². The second-order valence-corrected chi connectivity index (χ2v) is 7.51. The van der Waals surface area contributed by atoms with Crippen molar-refractivity contribution >= 4 is 33.5 Å². The lowest BCUT2D eigenvalue weighted by Crippen LogP contribution is -1.99. The highest BCUT2D eigenvalue weighted by molar-refractivity contribution is 14.1. The van der Waals surface area contributed by atoms with Crippen LogP contribution in [0, 0.1) is 10.5 Å². The first-order valence-corrected chi connectivity index (χ1v) is 9.71. The standard InChI is InChI=1S/C23H19INO/c1-2-20(22-15-25-23-12-11-17(24)14-21(22)23)16-7-6-10-19(13-16)26-18-8-4-3-5-9-18/h3-15,20,25H,1-2H2. The van der Waals surface area contributed by atoms with Gasteiger partial charge in [0.2, 0.25) is 0 Å². The van der Waals surface area contributed by atoms with Crippen molar-refractivity contribution in [2.75, 3.05) is 0 Å². The summed E-state index contributed by atoms with van der Waals surface area (Å²) in [6.45, 7) is 4.20. The Labute approximate surface area is 167 Å². The molecule has 1 aromatic heterocycles. The van der Waals surface area contributed by atoms with E-state index in [9.17, 15) is 0 Å². The monoisotopic (exact) mass is 452 g/mol. The fourth-order valence-corrected chi connectivity index (χ4v) is 3.82. The normalized spacial score (nSPS) is 12.2. The summed E-state index contributed by atoms with van der Waals surface area (Å²) in [7, 11) is 0. The molecule has 129 valence electrons. The summed E-state index contributed by atoms with van der Waals surface area (Å²) in [6, 6.07) is 24.7. The molecule has 3 aromatic carbocycles. The average molecular weight is 452 g/mol. The molecule has 4 aromatic rings. The second-order valence-electron chi connectivity index (χ2n) is 6.26. The Morgan fingerprint density at radius 2 is 1.73 bits per heavy atom. The molecule has 3 heteroatoms. The molecular formula is C23H19INO. The highest BCUT2D eigenvalue weighted by Gasteiger charge is 2.17. The molecule has 0 aliphatic heterocycles. The number of fused-ring (bicyclic) bond motifs is 1. The van der Waals surface area contributed by atoms with Crippen molar-refractivity contribution in [2.24, 2.45) is 0 Å². The summed E-state index contributed by atoms with van der Waals surface area (Å²) in [6.07, 6.45) is 2.90. The van der Waals surface area contributed by atoms with Crippen molar-refractivity contribution in [2.45, 2.75) is 12.3 Å². The first kappa shape index (κ1) is 17.2. The Kier molecular flexibility index (Phi) is 4.98. The maximum atomic E-state index is 6.01. The van der Waals surface area contributed by atoms with Gasteiger partial charge in [0, 0.05) is 26.6 Å². The predicted molar refractivity (Wildman–Crippen MR) is 116 cm³/mol. The van der Waals surface area contributed by atoms with Gasteiger partial charge in [0.05, 0.1) is 0 Å². The van der Waals surface area contributed by atoms with Crippen LogP contribution in [0.15, 0.2) is 79.0 Å². The number of ether oxygens (including phenoxy) is 1. The van der Waals surface area contributed by atoms with E-state index in [1.165, 1.54) is 20.1 Å². The fourth-order valence-electron chi connectivity index (χ4n) is 3.32. The second kappa shape index (κ2) is 7.54. The van der Waals surface area contributed by atoms with Crippen LogP contribution in [0.25, 0.3) is 10.9 Å². The minimum absolute atomic E-state index is 0.223. The first-order valence-electron chi connectivity index (χ1n) is 8.63. The van der Waals surface area contributed by atoms with Gasteiger partial charge in [-0.3, -0.25) is 0 Å². The van der Waals surface area contributed by atoms with Gasteiger partial charge < -0.3 is 9.72 Å². The van der Waals surface area contributed by atoms with Crippen molar-refractivity contribution < 1.29 is 4.74 Å². The van der Waals surface area contributed by atoms with Crippen molar-refractivity contribution in [3.63, 3.8) is 0 Å². The zero-order valence-corrected chi connectivity index (χ0v) is 16.4. The Morgan fingerprint density at radius 1 is 0.923 bits per heavy atom. The highest BCUT2D eigenvalue weighted by Crippen LogP contribution is 2.35. The molecule has 0 aliphatic rings. The molecule has 1 radical (unpaired) electrons. The Morgan fingerprint density at radius 3 is 2.54 bits per heavy atom. The van der Waals surface area contributed by atoms with Crippen LogP contribution in [0.2, 0.25) is 0 Å². The van der Waals surface area contributed by atoms with Crippen LogP contribution in [0.5, 0.6) is 11.5 Å². The van der Waals surface area contributed by atoms with Crippen molar-refractivity contribution in [3.05, 3.63) is 101 Å². The van der Waals surface area contributed by atoms with Crippen LogP contribution in [0.1, 0.15) is 23.5 Å². The molecule has 0 aliphatic carbocycles. The molecule has 2 nitrogen and oxygen atoms in total. The van der Waals surface area contributed by atoms with E-state index in [4.69, 9.17) is 4.74 Å². The number of rotatable bonds is 5. The first-order chi connectivity index (χ1) is 12.7. The van der Waals surface area contributed by atoms with Crippen LogP contribution < -0.4 is 4.74 Å². The smallest absolute Gasteiger partial charge is 0.127 e. The fraction of sp³-hybridized carbons (Fsp3) is 0.0870. The minimum Gasteiger partial charge on any atom is -0.457 e. The van der Waals surface area contributed by atoms with Crippen LogP contribution >= 0.6 is 22.6 Å². The number of hydrogen-bond donors (Lipinski definition) is 1. The molecular weight excluding hydrogens is 433 g/mol. The molecule has 1 heterocycles. The molecule has 0 fully saturated rings. The molecule has 1 unspecified atom stereocenters. The lowest BCUT2D eigenvalue weighted by Gasteiger charge is -2.16. The quantitative estimate of drug-likeness (QED) is 0.327. The summed E-state index contributed by atoms with van der Waals surface area (Å²) in [4.78, 5) is 3.39. The Hall–Kier alpha value is -2.27. The number of halogens is 1. The number of benzene rings is 3. The van der Waals surface area contributed by atoms with Gasteiger partial charge >= 0.3 is 0 Å². The third-order valence-electron chi connectivity index (χ3n) is 4.58. The molecule has 0 spiro atoms. The van der Waals surface area contributed by atoms with E-state index >= 15 is 0 Å². The van der Waals surface area contributed by atoms with Crippen LogP contribution in [0.3, 0.4) is 0 Å². The van der Waals surface area contributed by atoms with E-state index in [0.29, 0.717) is 0 Å². The molecule has 0 saturated heterocycles. The SMILES string of the molecule is [CH2]CC(c1cccc(Oc2ccccc2)c1)c1c[nH]c2ccc(I)cc12. The Bertz CT molecular complexity index is 1020. The summed E-state index contributed by atoms with van der Waals surface area (Å²) < 4.78 is 7.24. The molecule has 0 amide bonds. The topological polar surface area (TPSA) is 25.0 Å². The van der Waals surface area contributed by atoms with Crippen molar-refractivity contribution in [1.29, 1.82) is 0 Å². The molecule has 1 atom stereocenters. The van der Waals surface area contributed by atoms with Gasteiger partial charge in [0.15, 0.2) is 0 Å². The summed E-state index contributed by atoms with van der Waals surface area (Å²) in [5.41, 5.74) is 3.66. The van der Waals surface area contributed by atoms with Gasteiger partial charge in [-0.2, -0.15) is 0 Å². The minimum atomic E-state index is 0.223. The number of aromatic nitrogens is 1. The van der Waals surface area contributed by atoms with E-state index in [1.807, 2.05) is 36.4 Å². The van der Waals surface area contributed by atoms with Crippen molar-refractivity contribution in [1.82, 2.24) is 4.98 Å². The van der Waals surface area contributed by atoms with Gasteiger partial charge in [0.25, 0.3) is 0 Å². The molecule has 1 N–H and O–H groups in total. The molecule has 4 rings (SSSR count). The van der Waals surface area contributed by atoms with Crippen molar-refractivity contribution in [3.8, 4) is 11.5 Å². The molecule has 0 bridgehead atoms. The zero-order valence-electron chi connectivity index (χ0n) is 14.3. The van der Waals surface area contributed by atoms with Gasteiger partial charge in [-0.25, -0.2) is 0 Å². The van der Waals surface area contributed by atoms with Crippen LogP contribution in [0.4, 0.5) is 0 Å². The molecule has 26 heavy (non-hydrogen) atoms. The largest absolute Gasteiger partial charge is 0.457 e. The summed E-state index contributed by atoms with van der Waals surface area (Å²) >= 11 is 2.36. The third kappa shape index (κ3) is 3.49. The number of H-pyrrole nitrogens is 1. The summed E-state index contributed by atoms with van der Waals surface area (Å²) in [5, 5.41) is 1.26. The third-order valence-corrected chi connectivity index (χ3v) is 5.25. The maximum absolute atomic E-state index is 6.01. The van der Waals surface area contributed by atoms with E-state index in [1.54, 1.807) is 0 Å². The summed E-state index contributed by atoms with van der Waals surface area (Å²) in [5.74, 6) is 1.92. The van der Waals surface area contributed by atoms with E-state index in [2.05, 4.69) is 77.1 Å². The zero-order chi connectivity index (χ0) is 17.9. The number of nitrogens with one attached hydrogen (secondary N) is 1. The lowest BCUT2D eigenvalue weighted by atomic mass is 9.89. The molecule has 0 saturated carbocycles. The number of para-hydroxylation sites is 1. The van der Waals surface area contributed by atoms with E-state index in [-0.39, 0.29) is 5.92 Å². The van der Waals surface area contributed by atoms with Gasteiger partial charge in [-0.15, -0.1) is 0 Å². The van der Waals surface area contributed by atoms with Gasteiger partial charge in [0.1, 0.15) is 11.5 Å². The van der Waals surface area contributed by atoms with Gasteiger partial charge in [-0.1, -0.05) is 37.3 Å². The van der Waals surface area contributed by atoms with E-state index in [0.717, 1.165) is 23.4 Å². The van der Waals surface area contributed by atoms with Crippen LogP contribution in [-0.4, -0.2) is 4.98 Å². The average Bonchev–Trinajstić information content (AvgIpc) is 3.07. The number of aromatic amines is 1. The highest BCUT2D eigenvalue weighted by atomic mass is 127. The predicted octanol–water partition coefficient (Wildman–Crippen LogP) is 6.92. The van der Waals surface area contributed by atoms with E-state index < -0.39 is 0 Å². The number of hydrogen-bond acceptors (Lipinski definition) is 1. The Balaban J connectivity index is 1.70. The maximum Gasteiger partial charge on any atom is 0.127 e.